The van der Waals surface area contributed by atoms with Gasteiger partial charge in [0.25, 0.3) is 10.0 Å². The van der Waals surface area contributed by atoms with Crippen LogP contribution in [0.2, 0.25) is 0 Å². The topological polar surface area (TPSA) is 50.3 Å². The van der Waals surface area contributed by atoms with Crippen LogP contribution >= 0.6 is 0 Å². The summed E-state index contributed by atoms with van der Waals surface area (Å²) < 4.78 is 52.2. The summed E-state index contributed by atoms with van der Waals surface area (Å²) in [6.45, 7) is 0. The van der Waals surface area contributed by atoms with Crippen molar-refractivity contribution in [3.05, 3.63) is 54.2 Å². The van der Waals surface area contributed by atoms with Gasteiger partial charge in [-0.25, -0.2) is 22.2 Å². The molecule has 0 bridgehead atoms. The number of anilines is 1. The van der Waals surface area contributed by atoms with Gasteiger partial charge in [-0.15, -0.1) is 0 Å². The molecule has 1 aromatic carbocycles. The molecule has 0 aliphatic rings. The first-order valence-electron chi connectivity index (χ1n) is 5.28. The Hall–Kier alpha value is -2.02. The molecule has 4 nitrogen and oxygen atoms in total. The van der Waals surface area contributed by atoms with Gasteiger partial charge in [0.2, 0.25) is 0 Å². The molecule has 0 saturated carbocycles. The average Bonchev–Trinajstić information content (AvgIpc) is 2.38. The van der Waals surface area contributed by atoms with Crippen LogP contribution in [0.1, 0.15) is 0 Å². The molecule has 0 spiro atoms. The monoisotopic (exact) mass is 284 g/mol. The molecule has 0 radical (unpaired) electrons. The third kappa shape index (κ3) is 2.41. The molecule has 19 heavy (non-hydrogen) atoms. The fraction of sp³-hybridized carbons (Fsp3) is 0.0833. The summed E-state index contributed by atoms with van der Waals surface area (Å²) in [6.07, 6.45) is 1.39. The van der Waals surface area contributed by atoms with Crippen molar-refractivity contribution in [1.82, 2.24) is 4.98 Å². The lowest BCUT2D eigenvalue weighted by atomic mass is 10.3. The number of aromatic nitrogens is 1. The molecule has 2 aromatic rings. The Morgan fingerprint density at radius 3 is 2.21 bits per heavy atom. The second-order valence-corrected chi connectivity index (χ2v) is 5.62. The van der Waals surface area contributed by atoms with E-state index in [9.17, 15) is 17.2 Å². The Kier molecular flexibility index (Phi) is 3.48. The van der Waals surface area contributed by atoms with Gasteiger partial charge in [-0.3, -0.25) is 4.31 Å². The Labute approximate surface area is 109 Å². The van der Waals surface area contributed by atoms with Crippen LogP contribution in [0.25, 0.3) is 0 Å². The number of hydrogen-bond donors (Lipinski definition) is 0. The number of sulfonamides is 1. The van der Waals surface area contributed by atoms with Crippen LogP contribution in [-0.4, -0.2) is 20.4 Å². The first-order valence-corrected chi connectivity index (χ1v) is 6.72. The smallest absolute Gasteiger partial charge is 0.253 e. The first kappa shape index (κ1) is 13.4. The van der Waals surface area contributed by atoms with Crippen LogP contribution in [0.3, 0.4) is 0 Å². The average molecular weight is 284 g/mol. The van der Waals surface area contributed by atoms with Gasteiger partial charge < -0.3 is 0 Å². The van der Waals surface area contributed by atoms with Crippen molar-refractivity contribution in [3.8, 4) is 0 Å². The van der Waals surface area contributed by atoms with E-state index in [1.165, 1.54) is 19.3 Å². The van der Waals surface area contributed by atoms with Crippen molar-refractivity contribution in [3.63, 3.8) is 0 Å². The van der Waals surface area contributed by atoms with Crippen LogP contribution in [0.15, 0.2) is 47.5 Å². The van der Waals surface area contributed by atoms with Crippen LogP contribution < -0.4 is 4.31 Å². The number of hydrogen-bond acceptors (Lipinski definition) is 3. The van der Waals surface area contributed by atoms with E-state index >= 15 is 0 Å². The minimum Gasteiger partial charge on any atom is -0.253 e. The van der Waals surface area contributed by atoms with Crippen molar-refractivity contribution in [1.29, 1.82) is 0 Å². The second kappa shape index (κ2) is 4.93. The van der Waals surface area contributed by atoms with Gasteiger partial charge in [0.1, 0.15) is 17.5 Å². The van der Waals surface area contributed by atoms with E-state index in [1.54, 1.807) is 12.1 Å². The largest absolute Gasteiger partial charge is 0.271 e. The van der Waals surface area contributed by atoms with Crippen molar-refractivity contribution in [2.24, 2.45) is 0 Å². The fourth-order valence-electron chi connectivity index (χ4n) is 1.53. The number of benzene rings is 1. The molecule has 1 aromatic heterocycles. The molecule has 100 valence electrons. The molecule has 0 aliphatic heterocycles. The molecular formula is C12H10F2N2O2S. The molecule has 0 saturated heterocycles. The van der Waals surface area contributed by atoms with Gasteiger partial charge in [0.15, 0.2) is 4.90 Å². The van der Waals surface area contributed by atoms with Gasteiger partial charge >= 0.3 is 0 Å². The van der Waals surface area contributed by atoms with Crippen LogP contribution in [-0.2, 0) is 10.0 Å². The molecule has 7 heteroatoms. The highest BCUT2D eigenvalue weighted by Crippen LogP contribution is 2.24. The van der Waals surface area contributed by atoms with E-state index < -0.39 is 26.6 Å². The summed E-state index contributed by atoms with van der Waals surface area (Å²) in [5.74, 6) is -2.20. The van der Waals surface area contributed by atoms with E-state index in [4.69, 9.17) is 0 Å². The lowest BCUT2D eigenvalue weighted by molar-refractivity contribution is 0.518. The van der Waals surface area contributed by atoms with E-state index in [1.807, 2.05) is 0 Å². The van der Waals surface area contributed by atoms with Gasteiger partial charge in [-0.05, 0) is 24.3 Å². The molecule has 0 N–H and O–H groups in total. The predicted octanol–water partition coefficient (Wildman–Crippen LogP) is 2.18. The molecule has 0 fully saturated rings. The molecule has 2 rings (SSSR count). The minimum atomic E-state index is -4.33. The highest BCUT2D eigenvalue weighted by molar-refractivity contribution is 7.92. The van der Waals surface area contributed by atoms with Gasteiger partial charge in [-0.1, -0.05) is 12.1 Å². The van der Waals surface area contributed by atoms with E-state index in [-0.39, 0.29) is 5.82 Å². The summed E-state index contributed by atoms with van der Waals surface area (Å²) in [4.78, 5) is 2.85. The van der Waals surface area contributed by atoms with E-state index in [0.29, 0.717) is 0 Å². The summed E-state index contributed by atoms with van der Waals surface area (Å²) in [5, 5.41) is 0. The standard InChI is InChI=1S/C12H10F2N2O2S/c1-16(11-7-2-3-8-15-11)19(17,18)12-9(13)5-4-6-10(12)14/h2-8H,1H3. The molecule has 1 heterocycles. The SMILES string of the molecule is CN(c1ccccn1)S(=O)(=O)c1c(F)cccc1F. The summed E-state index contributed by atoms with van der Waals surface area (Å²) >= 11 is 0. The normalized spacial score (nSPS) is 11.3. The minimum absolute atomic E-state index is 0.0742. The van der Waals surface area contributed by atoms with Crippen LogP contribution in [0.4, 0.5) is 14.6 Å². The third-order valence-corrected chi connectivity index (χ3v) is 4.32. The highest BCUT2D eigenvalue weighted by Gasteiger charge is 2.29. The maximum atomic E-state index is 13.6. The molecule has 0 aliphatic carbocycles. The zero-order chi connectivity index (χ0) is 14.0. The van der Waals surface area contributed by atoms with Gasteiger partial charge in [0, 0.05) is 13.2 Å². The summed E-state index contributed by atoms with van der Waals surface area (Å²) in [5.41, 5.74) is 0. The van der Waals surface area contributed by atoms with E-state index in [2.05, 4.69) is 4.98 Å². The van der Waals surface area contributed by atoms with Crippen LogP contribution in [0.5, 0.6) is 0 Å². The Bertz CT molecular complexity index is 670. The zero-order valence-corrected chi connectivity index (χ0v) is 10.7. The predicted molar refractivity (Wildman–Crippen MR) is 66.2 cm³/mol. The molecular weight excluding hydrogens is 274 g/mol. The maximum Gasteiger partial charge on any atom is 0.271 e. The summed E-state index contributed by atoms with van der Waals surface area (Å²) in [7, 11) is -3.15. The number of nitrogens with zero attached hydrogens (tertiary/aromatic N) is 2. The molecule has 0 atom stereocenters. The lowest BCUT2D eigenvalue weighted by Gasteiger charge is -2.18. The van der Waals surface area contributed by atoms with Crippen molar-refractivity contribution in [2.45, 2.75) is 4.90 Å². The number of rotatable bonds is 3. The number of halogens is 2. The Morgan fingerprint density at radius 1 is 1.05 bits per heavy atom. The van der Waals surface area contributed by atoms with Crippen LogP contribution in [0, 0.1) is 11.6 Å². The Balaban J connectivity index is 2.55. The quantitative estimate of drug-likeness (QED) is 0.868. The molecule has 0 amide bonds. The van der Waals surface area contributed by atoms with Crippen molar-refractivity contribution in [2.75, 3.05) is 11.4 Å². The lowest BCUT2D eigenvalue weighted by Crippen LogP contribution is -2.29. The van der Waals surface area contributed by atoms with Gasteiger partial charge in [-0.2, -0.15) is 0 Å². The third-order valence-electron chi connectivity index (χ3n) is 2.51. The first-order chi connectivity index (χ1) is 8.94. The van der Waals surface area contributed by atoms with Gasteiger partial charge in [0.05, 0.1) is 0 Å². The zero-order valence-electron chi connectivity index (χ0n) is 9.92. The van der Waals surface area contributed by atoms with Crippen molar-refractivity contribution < 1.29 is 17.2 Å². The maximum absolute atomic E-state index is 13.6. The Morgan fingerprint density at radius 2 is 1.68 bits per heavy atom. The molecule has 0 unspecified atom stereocenters. The number of pyridine rings is 1. The van der Waals surface area contributed by atoms with Crippen molar-refractivity contribution >= 4 is 15.8 Å². The second-order valence-electron chi connectivity index (χ2n) is 3.71. The summed E-state index contributed by atoms with van der Waals surface area (Å²) in [6, 6.07) is 7.49. The fourth-order valence-corrected chi connectivity index (χ4v) is 2.79. The van der Waals surface area contributed by atoms with E-state index in [0.717, 1.165) is 22.5 Å². The highest BCUT2D eigenvalue weighted by atomic mass is 32.2.